The number of aromatic amines is 1. The summed E-state index contributed by atoms with van der Waals surface area (Å²) in [5, 5.41) is 8.71. The van der Waals surface area contributed by atoms with E-state index in [2.05, 4.69) is 76.7 Å². The van der Waals surface area contributed by atoms with E-state index in [9.17, 15) is 0 Å². The van der Waals surface area contributed by atoms with Gasteiger partial charge in [-0.2, -0.15) is 5.10 Å². The van der Waals surface area contributed by atoms with Crippen LogP contribution in [0.1, 0.15) is 32.8 Å². The summed E-state index contributed by atoms with van der Waals surface area (Å²) in [6.45, 7) is 9.06. The fraction of sp³-hybridized carbons (Fsp3) is 0.533. The number of nitrogens with one attached hydrogen (secondary N) is 1. The molecule has 0 fully saturated rings. The molecule has 0 radical (unpaired) electrons. The Balaban J connectivity index is 2.11. The Morgan fingerprint density at radius 3 is 2.74 bits per heavy atom. The average Bonchev–Trinajstić information content (AvgIpc) is 2.80. The van der Waals surface area contributed by atoms with E-state index in [4.69, 9.17) is 0 Å². The third-order valence-corrected chi connectivity index (χ3v) is 4.67. The quantitative estimate of drug-likeness (QED) is 0.783. The third kappa shape index (κ3) is 3.28. The maximum absolute atomic E-state index is 4.33. The highest BCUT2D eigenvalue weighted by Gasteiger charge is 2.12. The van der Waals surface area contributed by atoms with Crippen LogP contribution in [0.5, 0.6) is 0 Å². The molecule has 1 atom stereocenters. The van der Waals surface area contributed by atoms with Gasteiger partial charge in [0.05, 0.1) is 5.52 Å². The maximum Gasteiger partial charge on any atom is 0.104 e. The molecular formula is C15H22IN3. The minimum atomic E-state index is 0.634. The second kappa shape index (κ2) is 6.70. The lowest BCUT2D eigenvalue weighted by molar-refractivity contribution is 0.221. The van der Waals surface area contributed by atoms with Gasteiger partial charge in [-0.1, -0.05) is 26.0 Å². The second-order valence-corrected chi connectivity index (χ2v) is 6.04. The normalized spacial score (nSPS) is 13.3. The van der Waals surface area contributed by atoms with Gasteiger partial charge < -0.3 is 4.90 Å². The molecule has 0 spiro atoms. The zero-order chi connectivity index (χ0) is 13.8. The number of aromatic nitrogens is 2. The van der Waals surface area contributed by atoms with Crippen LogP contribution in [0.15, 0.2) is 18.2 Å². The van der Waals surface area contributed by atoms with E-state index in [0.29, 0.717) is 6.04 Å². The van der Waals surface area contributed by atoms with Gasteiger partial charge >= 0.3 is 0 Å². The Morgan fingerprint density at radius 2 is 2.05 bits per heavy atom. The molecule has 0 amide bonds. The van der Waals surface area contributed by atoms with Gasteiger partial charge in [-0.3, -0.25) is 5.10 Å². The average molecular weight is 371 g/mol. The van der Waals surface area contributed by atoms with E-state index in [1.165, 1.54) is 17.4 Å². The molecular weight excluding hydrogens is 349 g/mol. The minimum Gasteiger partial charge on any atom is -0.301 e. The van der Waals surface area contributed by atoms with Gasteiger partial charge in [-0.25, -0.2) is 0 Å². The highest BCUT2D eigenvalue weighted by molar-refractivity contribution is 14.1. The van der Waals surface area contributed by atoms with Crippen LogP contribution >= 0.6 is 22.6 Å². The molecule has 1 unspecified atom stereocenters. The second-order valence-electron chi connectivity index (χ2n) is 4.96. The fourth-order valence-electron chi connectivity index (χ4n) is 2.70. The zero-order valence-electron chi connectivity index (χ0n) is 11.9. The number of benzene rings is 1. The molecule has 2 aromatic rings. The van der Waals surface area contributed by atoms with E-state index in [-0.39, 0.29) is 0 Å². The number of nitrogens with zero attached hydrogens (tertiary/aromatic N) is 2. The van der Waals surface area contributed by atoms with Crippen molar-refractivity contribution in [3.05, 3.63) is 27.5 Å². The van der Waals surface area contributed by atoms with Gasteiger partial charge in [0.1, 0.15) is 3.70 Å². The third-order valence-electron chi connectivity index (χ3n) is 3.89. The first-order valence-corrected chi connectivity index (χ1v) is 8.10. The molecule has 0 aliphatic heterocycles. The predicted octanol–water partition coefficient (Wildman–Crippen LogP) is 3.83. The lowest BCUT2D eigenvalue weighted by Gasteiger charge is -2.26. The Bertz CT molecular complexity index is 531. The van der Waals surface area contributed by atoms with Crippen LogP contribution in [-0.4, -0.2) is 34.2 Å². The summed E-state index contributed by atoms with van der Waals surface area (Å²) in [7, 11) is 0. The molecule has 104 valence electrons. The molecule has 0 bridgehead atoms. The van der Waals surface area contributed by atoms with Crippen LogP contribution in [0.2, 0.25) is 0 Å². The molecule has 19 heavy (non-hydrogen) atoms. The molecule has 0 aliphatic rings. The van der Waals surface area contributed by atoms with Crippen molar-refractivity contribution in [2.75, 3.05) is 13.1 Å². The first kappa shape index (κ1) is 14.8. The molecule has 0 aliphatic carbocycles. The Morgan fingerprint density at radius 1 is 1.32 bits per heavy atom. The lowest BCUT2D eigenvalue weighted by Crippen LogP contribution is -2.32. The maximum atomic E-state index is 4.33. The van der Waals surface area contributed by atoms with E-state index in [0.717, 1.165) is 28.7 Å². The number of rotatable bonds is 6. The summed E-state index contributed by atoms with van der Waals surface area (Å²) in [6.07, 6.45) is 2.31. The van der Waals surface area contributed by atoms with Crippen LogP contribution in [0.25, 0.3) is 10.9 Å². The van der Waals surface area contributed by atoms with Crippen molar-refractivity contribution < 1.29 is 0 Å². The fourth-order valence-corrected chi connectivity index (χ4v) is 3.44. The van der Waals surface area contributed by atoms with E-state index < -0.39 is 0 Å². The summed E-state index contributed by atoms with van der Waals surface area (Å²) in [4.78, 5) is 2.51. The Hall–Kier alpha value is -0.620. The van der Waals surface area contributed by atoms with Gasteiger partial charge in [0, 0.05) is 11.4 Å². The first-order chi connectivity index (χ1) is 9.17. The van der Waals surface area contributed by atoms with E-state index in [1.54, 1.807) is 0 Å². The molecule has 2 rings (SSSR count). The highest BCUT2D eigenvalue weighted by atomic mass is 127. The lowest BCUT2D eigenvalue weighted by atomic mass is 10.0. The molecule has 1 aromatic carbocycles. The van der Waals surface area contributed by atoms with Crippen molar-refractivity contribution in [3.8, 4) is 0 Å². The summed E-state index contributed by atoms with van der Waals surface area (Å²) in [5.41, 5.74) is 2.49. The molecule has 4 heteroatoms. The number of hydrogen-bond donors (Lipinski definition) is 1. The van der Waals surface area contributed by atoms with Crippen LogP contribution in [0.4, 0.5) is 0 Å². The predicted molar refractivity (Wildman–Crippen MR) is 89.5 cm³/mol. The van der Waals surface area contributed by atoms with Gasteiger partial charge in [0.15, 0.2) is 0 Å². The minimum absolute atomic E-state index is 0.634. The van der Waals surface area contributed by atoms with Crippen LogP contribution in [0, 0.1) is 3.70 Å². The Kier molecular flexibility index (Phi) is 5.21. The number of hydrogen-bond acceptors (Lipinski definition) is 2. The SMILES string of the molecule is CCN(CC)C(C)CCc1cccc2n[nH]c(I)c12. The van der Waals surface area contributed by atoms with Crippen molar-refractivity contribution in [1.82, 2.24) is 15.1 Å². The summed E-state index contributed by atoms with van der Waals surface area (Å²) in [6, 6.07) is 7.05. The van der Waals surface area contributed by atoms with Crippen LogP contribution in [0.3, 0.4) is 0 Å². The van der Waals surface area contributed by atoms with Gasteiger partial charge in [0.2, 0.25) is 0 Å². The molecule has 1 N–H and O–H groups in total. The van der Waals surface area contributed by atoms with Crippen molar-refractivity contribution in [2.45, 2.75) is 39.7 Å². The number of aryl methyl sites for hydroxylation is 1. The topological polar surface area (TPSA) is 31.9 Å². The largest absolute Gasteiger partial charge is 0.301 e. The van der Waals surface area contributed by atoms with Gasteiger partial charge in [-0.15, -0.1) is 0 Å². The van der Waals surface area contributed by atoms with Crippen molar-refractivity contribution in [3.63, 3.8) is 0 Å². The molecule has 3 nitrogen and oxygen atoms in total. The van der Waals surface area contributed by atoms with Gasteiger partial charge in [0.25, 0.3) is 0 Å². The van der Waals surface area contributed by atoms with E-state index >= 15 is 0 Å². The molecule has 1 heterocycles. The highest BCUT2D eigenvalue weighted by Crippen LogP contribution is 2.23. The summed E-state index contributed by atoms with van der Waals surface area (Å²) in [5.74, 6) is 0. The standard InChI is InChI=1S/C15H22IN3/c1-4-19(5-2)11(3)9-10-12-7-6-8-13-14(12)15(16)18-17-13/h6-8,11H,4-5,9-10H2,1-3H3,(H,17,18). The Labute approximate surface area is 128 Å². The zero-order valence-corrected chi connectivity index (χ0v) is 14.1. The molecule has 0 saturated carbocycles. The van der Waals surface area contributed by atoms with Crippen LogP contribution in [-0.2, 0) is 6.42 Å². The van der Waals surface area contributed by atoms with Crippen molar-refractivity contribution >= 4 is 33.5 Å². The number of H-pyrrole nitrogens is 1. The monoisotopic (exact) mass is 371 g/mol. The van der Waals surface area contributed by atoms with Crippen molar-refractivity contribution in [1.29, 1.82) is 0 Å². The number of halogens is 1. The molecule has 1 aromatic heterocycles. The van der Waals surface area contributed by atoms with E-state index in [1.807, 2.05) is 0 Å². The molecule has 0 saturated heterocycles. The summed E-state index contributed by atoms with van der Waals surface area (Å²) >= 11 is 2.34. The van der Waals surface area contributed by atoms with Gasteiger partial charge in [-0.05, 0) is 67.1 Å². The van der Waals surface area contributed by atoms with Crippen LogP contribution < -0.4 is 0 Å². The number of fused-ring (bicyclic) bond motifs is 1. The van der Waals surface area contributed by atoms with Crippen molar-refractivity contribution in [2.24, 2.45) is 0 Å². The smallest absolute Gasteiger partial charge is 0.104 e. The summed E-state index contributed by atoms with van der Waals surface area (Å²) < 4.78 is 1.15. The first-order valence-electron chi connectivity index (χ1n) is 7.02.